The summed E-state index contributed by atoms with van der Waals surface area (Å²) < 4.78 is 13.8. The van der Waals surface area contributed by atoms with E-state index in [0.717, 1.165) is 0 Å². The maximum Gasteiger partial charge on any atom is 0.469 e. The van der Waals surface area contributed by atoms with Gasteiger partial charge in [0, 0.05) is 12.4 Å². The first-order valence-corrected chi connectivity index (χ1v) is 5.51. The van der Waals surface area contributed by atoms with Gasteiger partial charge < -0.3 is 9.79 Å². The van der Waals surface area contributed by atoms with Crippen molar-refractivity contribution >= 4 is 7.82 Å². The van der Waals surface area contributed by atoms with Gasteiger partial charge in [-0.1, -0.05) is 6.07 Å². The molecule has 2 N–H and O–H groups in total. The molecule has 6 nitrogen and oxygen atoms in total. The molecule has 0 fully saturated rings. The van der Waals surface area contributed by atoms with Crippen LogP contribution in [0.3, 0.4) is 0 Å². The summed E-state index contributed by atoms with van der Waals surface area (Å²) in [6.07, 6.45) is 3.49. The van der Waals surface area contributed by atoms with E-state index in [4.69, 9.17) is 15.0 Å². The van der Waals surface area contributed by atoms with Crippen LogP contribution < -0.4 is 0 Å². The summed E-state index contributed by atoms with van der Waals surface area (Å²) in [5.41, 5.74) is 0. The van der Waals surface area contributed by atoms with E-state index in [9.17, 15) is 4.57 Å². The topological polar surface area (TPSA) is 103 Å². The monoisotopic (exact) mass is 230 g/mol. The molecule has 82 valence electrons. The van der Waals surface area contributed by atoms with Crippen molar-refractivity contribution in [2.75, 3.05) is 6.61 Å². The van der Waals surface area contributed by atoms with Crippen LogP contribution in [0.5, 0.6) is 0 Å². The van der Waals surface area contributed by atoms with Gasteiger partial charge in [0.25, 0.3) is 0 Å². The molecule has 0 aliphatic heterocycles. The Labute approximate surface area is 87.4 Å². The molecule has 1 rings (SSSR count). The number of phosphoric acid groups is 1. The highest BCUT2D eigenvalue weighted by atomic mass is 31.2. The third-order valence-corrected chi connectivity index (χ3v) is 1.56. The Morgan fingerprint density at radius 2 is 1.93 bits per heavy atom. The zero-order valence-electron chi connectivity index (χ0n) is 7.85. The molecule has 0 bridgehead atoms. The SMILES string of the molecule is N#CCCOP(=O)(O)O.c1ccncc1. The number of rotatable bonds is 3. The van der Waals surface area contributed by atoms with Gasteiger partial charge in [0.15, 0.2) is 0 Å². The lowest BCUT2D eigenvalue weighted by molar-refractivity contribution is 0.201. The number of nitriles is 1. The zero-order valence-corrected chi connectivity index (χ0v) is 8.75. The van der Waals surface area contributed by atoms with Crippen LogP contribution in [0.25, 0.3) is 0 Å². The van der Waals surface area contributed by atoms with Crippen LogP contribution in [0.4, 0.5) is 0 Å². The molecule has 0 aliphatic rings. The number of nitrogens with zero attached hydrogens (tertiary/aromatic N) is 2. The second kappa shape index (κ2) is 8.09. The minimum absolute atomic E-state index is 0.00882. The van der Waals surface area contributed by atoms with Crippen LogP contribution in [0, 0.1) is 11.3 Å². The molecule has 0 saturated carbocycles. The minimum atomic E-state index is -4.35. The summed E-state index contributed by atoms with van der Waals surface area (Å²) in [6.45, 7) is -0.221. The highest BCUT2D eigenvalue weighted by Gasteiger charge is 2.11. The summed E-state index contributed by atoms with van der Waals surface area (Å²) in [5.74, 6) is 0. The lowest BCUT2D eigenvalue weighted by Gasteiger charge is -1.99. The van der Waals surface area contributed by atoms with E-state index in [1.165, 1.54) is 0 Å². The van der Waals surface area contributed by atoms with E-state index in [1.807, 2.05) is 18.2 Å². The fourth-order valence-corrected chi connectivity index (χ4v) is 0.852. The molecule has 0 amide bonds. The van der Waals surface area contributed by atoms with Gasteiger partial charge in [0.05, 0.1) is 19.1 Å². The molecule has 1 heterocycles. The number of aromatic nitrogens is 1. The molecular weight excluding hydrogens is 219 g/mol. The summed E-state index contributed by atoms with van der Waals surface area (Å²) >= 11 is 0. The molecule has 0 unspecified atom stereocenters. The maximum absolute atomic E-state index is 9.87. The highest BCUT2D eigenvalue weighted by Crippen LogP contribution is 2.35. The van der Waals surface area contributed by atoms with Crippen LogP contribution in [0.15, 0.2) is 30.6 Å². The van der Waals surface area contributed by atoms with E-state index in [1.54, 1.807) is 18.5 Å². The first-order chi connectivity index (χ1) is 7.06. The van der Waals surface area contributed by atoms with Gasteiger partial charge in [-0.3, -0.25) is 9.51 Å². The van der Waals surface area contributed by atoms with Gasteiger partial charge in [-0.25, -0.2) is 4.57 Å². The predicted molar refractivity (Wildman–Crippen MR) is 52.5 cm³/mol. The smallest absolute Gasteiger partial charge is 0.303 e. The molecule has 0 atom stereocenters. The number of pyridine rings is 1. The summed E-state index contributed by atoms with van der Waals surface area (Å²) in [4.78, 5) is 19.8. The maximum atomic E-state index is 9.87. The van der Waals surface area contributed by atoms with Crippen molar-refractivity contribution < 1.29 is 18.9 Å². The lowest BCUT2D eigenvalue weighted by Crippen LogP contribution is -1.89. The molecule has 1 aromatic rings. The Hall–Kier alpha value is -1.25. The first kappa shape index (κ1) is 13.8. The minimum Gasteiger partial charge on any atom is -0.303 e. The summed E-state index contributed by atoms with van der Waals surface area (Å²) in [5, 5.41) is 7.88. The largest absolute Gasteiger partial charge is 0.469 e. The second-order valence-corrected chi connectivity index (χ2v) is 3.50. The third-order valence-electron chi connectivity index (χ3n) is 1.04. The van der Waals surface area contributed by atoms with E-state index < -0.39 is 7.82 Å². The Morgan fingerprint density at radius 3 is 2.20 bits per heavy atom. The third kappa shape index (κ3) is 12.8. The van der Waals surface area contributed by atoms with Crippen LogP contribution in [-0.2, 0) is 9.09 Å². The second-order valence-electron chi connectivity index (χ2n) is 2.26. The molecule has 0 saturated heterocycles. The van der Waals surface area contributed by atoms with Crippen molar-refractivity contribution in [1.29, 1.82) is 5.26 Å². The van der Waals surface area contributed by atoms with E-state index >= 15 is 0 Å². The fraction of sp³-hybridized carbons (Fsp3) is 0.250. The van der Waals surface area contributed by atoms with Gasteiger partial charge in [0.1, 0.15) is 0 Å². The van der Waals surface area contributed by atoms with Crippen LogP contribution >= 0.6 is 7.82 Å². The van der Waals surface area contributed by atoms with Gasteiger partial charge in [-0.2, -0.15) is 5.26 Å². The quantitative estimate of drug-likeness (QED) is 0.595. The Balaban J connectivity index is 0.000000280. The number of hydrogen-bond donors (Lipinski definition) is 2. The lowest BCUT2D eigenvalue weighted by atomic mass is 10.5. The number of hydrogen-bond acceptors (Lipinski definition) is 4. The van der Waals surface area contributed by atoms with Gasteiger partial charge in [-0.15, -0.1) is 0 Å². The fourth-order valence-electron chi connectivity index (χ4n) is 0.523. The molecule has 0 radical (unpaired) electrons. The zero-order chi connectivity index (χ0) is 11.6. The van der Waals surface area contributed by atoms with Crippen molar-refractivity contribution in [3.63, 3.8) is 0 Å². The van der Waals surface area contributed by atoms with E-state index in [0.29, 0.717) is 0 Å². The normalized spacial score (nSPS) is 9.67. The van der Waals surface area contributed by atoms with E-state index in [2.05, 4.69) is 9.51 Å². The van der Waals surface area contributed by atoms with Crippen molar-refractivity contribution in [2.45, 2.75) is 6.42 Å². The van der Waals surface area contributed by atoms with Crippen molar-refractivity contribution in [3.05, 3.63) is 30.6 Å². The van der Waals surface area contributed by atoms with Gasteiger partial charge >= 0.3 is 7.82 Å². The van der Waals surface area contributed by atoms with Gasteiger partial charge in [0.2, 0.25) is 0 Å². The summed E-state index contributed by atoms with van der Waals surface area (Å²) in [7, 11) is -4.35. The molecule has 0 aromatic carbocycles. The van der Waals surface area contributed by atoms with Gasteiger partial charge in [-0.05, 0) is 12.1 Å². The Bertz CT molecular complexity index is 306. The van der Waals surface area contributed by atoms with Crippen molar-refractivity contribution in [2.24, 2.45) is 0 Å². The average molecular weight is 230 g/mol. The van der Waals surface area contributed by atoms with Crippen LogP contribution in [0.1, 0.15) is 6.42 Å². The standard InChI is InChI=1S/C5H5N.C3H6NO4P/c1-2-4-6-5-3-1;4-2-1-3-8-9(5,6)7/h1-5H;1,3H2,(H2,5,6,7). The molecule has 0 aliphatic carbocycles. The molecular formula is C8H11N2O4P. The molecule has 15 heavy (non-hydrogen) atoms. The Morgan fingerprint density at radius 1 is 1.33 bits per heavy atom. The Kier molecular flexibility index (Phi) is 7.42. The highest BCUT2D eigenvalue weighted by molar-refractivity contribution is 7.46. The first-order valence-electron chi connectivity index (χ1n) is 3.98. The molecule has 1 aromatic heterocycles. The molecule has 7 heteroatoms. The van der Waals surface area contributed by atoms with Crippen LogP contribution in [-0.4, -0.2) is 21.4 Å². The predicted octanol–water partition coefficient (Wildman–Crippen LogP) is 1.09. The number of phosphoric ester groups is 1. The van der Waals surface area contributed by atoms with Crippen molar-refractivity contribution in [3.8, 4) is 6.07 Å². The molecule has 0 spiro atoms. The van der Waals surface area contributed by atoms with Crippen molar-refractivity contribution in [1.82, 2.24) is 4.98 Å². The van der Waals surface area contributed by atoms with Crippen LogP contribution in [0.2, 0.25) is 0 Å². The van der Waals surface area contributed by atoms with E-state index in [-0.39, 0.29) is 13.0 Å². The summed E-state index contributed by atoms with van der Waals surface area (Å²) in [6, 6.07) is 7.39. The average Bonchev–Trinajstić information content (AvgIpc) is 2.20.